The Labute approximate surface area is 292 Å². The van der Waals surface area contributed by atoms with E-state index in [1.165, 1.54) is 6.07 Å². The highest BCUT2D eigenvalue weighted by atomic mass is 19.1. The van der Waals surface area contributed by atoms with Crippen molar-refractivity contribution >= 4 is 11.4 Å². The lowest BCUT2D eigenvalue weighted by Crippen LogP contribution is -2.50. The molecule has 50 heavy (non-hydrogen) atoms. The summed E-state index contributed by atoms with van der Waals surface area (Å²) in [5, 5.41) is 17.8. The maximum atomic E-state index is 13.8. The highest BCUT2D eigenvalue weighted by molar-refractivity contribution is 5.61. The van der Waals surface area contributed by atoms with Gasteiger partial charge in [0.05, 0.1) is 44.2 Å². The Morgan fingerprint density at radius 3 is 2.68 bits per heavy atom. The number of rotatable bonds is 15. The fourth-order valence-electron chi connectivity index (χ4n) is 7.14. The van der Waals surface area contributed by atoms with Crippen LogP contribution in [0.1, 0.15) is 35.7 Å². The molecule has 2 saturated heterocycles. The van der Waals surface area contributed by atoms with E-state index in [4.69, 9.17) is 23.7 Å². The Morgan fingerprint density at radius 2 is 1.86 bits per heavy atom. The number of nitrogens with zero attached hydrogens (tertiary/aromatic N) is 5. The van der Waals surface area contributed by atoms with E-state index in [-0.39, 0.29) is 30.0 Å². The molecule has 2 N–H and O–H groups in total. The number of halogens is 1. The predicted octanol–water partition coefficient (Wildman–Crippen LogP) is 4.13. The molecule has 13 heteroatoms. The Morgan fingerprint density at radius 1 is 0.980 bits per heavy atom. The number of benzene rings is 3. The normalized spacial score (nSPS) is 22.0. The smallest absolute Gasteiger partial charge is 0.176 e. The summed E-state index contributed by atoms with van der Waals surface area (Å²) in [5.74, 6) is 2.10. The van der Waals surface area contributed by atoms with Crippen LogP contribution in [0.25, 0.3) is 0 Å². The van der Waals surface area contributed by atoms with Crippen molar-refractivity contribution in [2.45, 2.75) is 50.1 Å². The van der Waals surface area contributed by atoms with Gasteiger partial charge in [-0.25, -0.2) is 4.39 Å². The van der Waals surface area contributed by atoms with Crippen LogP contribution in [-0.4, -0.2) is 105 Å². The van der Waals surface area contributed by atoms with Crippen LogP contribution in [-0.2, 0) is 27.2 Å². The highest BCUT2D eigenvalue weighted by Gasteiger charge is 2.36. The zero-order valence-electron chi connectivity index (χ0n) is 28.5. The second-order valence-electron chi connectivity index (χ2n) is 13.0. The van der Waals surface area contributed by atoms with Crippen LogP contribution in [0.3, 0.4) is 0 Å². The van der Waals surface area contributed by atoms with E-state index in [1.54, 1.807) is 19.2 Å². The first-order valence-electron chi connectivity index (χ1n) is 17.6. The molecule has 3 aliphatic heterocycles. The van der Waals surface area contributed by atoms with Crippen LogP contribution < -0.4 is 24.6 Å². The molecule has 0 saturated carbocycles. The number of anilines is 2. The lowest BCUT2D eigenvalue weighted by atomic mass is 9.85. The molecule has 3 aliphatic rings. The van der Waals surface area contributed by atoms with Crippen molar-refractivity contribution in [2.75, 3.05) is 76.0 Å². The van der Waals surface area contributed by atoms with Gasteiger partial charge in [-0.05, 0) is 60.0 Å². The Kier molecular flexibility index (Phi) is 11.3. The van der Waals surface area contributed by atoms with Gasteiger partial charge in [-0.3, -0.25) is 0 Å². The second-order valence-corrected chi connectivity index (χ2v) is 13.0. The molecule has 4 atom stereocenters. The van der Waals surface area contributed by atoms with Gasteiger partial charge in [-0.2, -0.15) is 5.21 Å². The first-order chi connectivity index (χ1) is 24.6. The summed E-state index contributed by atoms with van der Waals surface area (Å²) in [6.07, 6.45) is 2.15. The van der Waals surface area contributed by atoms with Gasteiger partial charge in [0.1, 0.15) is 30.0 Å². The van der Waals surface area contributed by atoms with Crippen molar-refractivity contribution in [1.82, 2.24) is 25.9 Å². The molecule has 2 fully saturated rings. The first-order valence-corrected chi connectivity index (χ1v) is 17.6. The van der Waals surface area contributed by atoms with Crippen molar-refractivity contribution in [1.29, 1.82) is 0 Å². The van der Waals surface area contributed by atoms with Crippen LogP contribution in [0, 0.1) is 5.82 Å². The summed E-state index contributed by atoms with van der Waals surface area (Å²) < 4.78 is 44.6. The molecular weight excluding hydrogens is 641 g/mol. The molecule has 0 aliphatic carbocycles. The van der Waals surface area contributed by atoms with Gasteiger partial charge in [0.15, 0.2) is 5.82 Å². The summed E-state index contributed by atoms with van der Waals surface area (Å²) in [4.78, 5) is 4.54. The molecular formula is C37H46FN7O5. The minimum atomic E-state index is -0.225. The van der Waals surface area contributed by atoms with Gasteiger partial charge < -0.3 is 38.8 Å². The fourth-order valence-corrected chi connectivity index (χ4v) is 7.14. The van der Waals surface area contributed by atoms with E-state index >= 15 is 0 Å². The van der Waals surface area contributed by atoms with Gasteiger partial charge in [-0.15, -0.1) is 10.2 Å². The van der Waals surface area contributed by atoms with E-state index in [0.29, 0.717) is 51.7 Å². The number of nitrogens with one attached hydrogen (secondary N) is 2. The number of aromatic nitrogens is 4. The van der Waals surface area contributed by atoms with Crippen LogP contribution in [0.5, 0.6) is 11.5 Å². The van der Waals surface area contributed by atoms with E-state index < -0.39 is 0 Å². The number of tetrazole rings is 1. The van der Waals surface area contributed by atoms with E-state index in [0.717, 1.165) is 73.1 Å². The molecule has 0 amide bonds. The lowest BCUT2D eigenvalue weighted by molar-refractivity contribution is -0.0594. The van der Waals surface area contributed by atoms with Crippen LogP contribution in [0.2, 0.25) is 0 Å². The number of hydrogen-bond donors (Lipinski definition) is 2. The summed E-state index contributed by atoms with van der Waals surface area (Å²) in [7, 11) is 1.74. The summed E-state index contributed by atoms with van der Waals surface area (Å²) in [6.45, 7) is 7.03. The third-order valence-electron chi connectivity index (χ3n) is 9.65. The number of aromatic amines is 1. The maximum absolute atomic E-state index is 13.8. The van der Waals surface area contributed by atoms with Crippen molar-refractivity contribution in [3.63, 3.8) is 0 Å². The molecule has 0 radical (unpaired) electrons. The number of H-pyrrole nitrogens is 1. The minimum Gasteiger partial charge on any atom is -0.490 e. The quantitative estimate of drug-likeness (QED) is 0.176. The zero-order valence-corrected chi connectivity index (χ0v) is 28.5. The number of ether oxygens (including phenoxy) is 5. The topological polar surface area (TPSA) is 119 Å². The van der Waals surface area contributed by atoms with Gasteiger partial charge in [0.2, 0.25) is 0 Å². The Balaban J connectivity index is 1.03. The molecule has 4 heterocycles. The number of fused-ring (bicyclic) bond motifs is 1. The third kappa shape index (κ3) is 8.52. The van der Waals surface area contributed by atoms with E-state index in [1.807, 2.05) is 18.2 Å². The van der Waals surface area contributed by atoms with Crippen molar-refractivity contribution < 1.29 is 28.1 Å². The van der Waals surface area contributed by atoms with Gasteiger partial charge in [-0.1, -0.05) is 29.5 Å². The van der Waals surface area contributed by atoms with Crippen LogP contribution >= 0.6 is 0 Å². The highest BCUT2D eigenvalue weighted by Crippen LogP contribution is 2.35. The average Bonchev–Trinajstić information content (AvgIpc) is 3.84. The zero-order chi connectivity index (χ0) is 34.1. The first kappa shape index (κ1) is 34.2. The predicted molar refractivity (Wildman–Crippen MR) is 187 cm³/mol. The molecule has 4 unspecified atom stereocenters. The number of piperidine rings is 1. The van der Waals surface area contributed by atoms with E-state index in [2.05, 4.69) is 66.1 Å². The lowest BCUT2D eigenvalue weighted by Gasteiger charge is -2.39. The standard InChI is InChI=1S/C37H46FN7O5/c1-46-17-3-14-44-16-19-48-33-11-6-26(20-32(33)44)25-49-35-23-39-22-34(47-18-13-36-40-42-43-41-36)37(35)27-7-9-30(10-8-27)50-31-12-15-45(24-31)29-5-2-4-28(38)21-29/h2,4-11,20-21,31,34-35,37,39H,3,12-19,22-25H2,1H3,(H,40,41,42,43). The molecule has 1 aromatic heterocycles. The second kappa shape index (κ2) is 16.6. The van der Waals surface area contributed by atoms with Crippen molar-refractivity contribution in [2.24, 2.45) is 0 Å². The monoisotopic (exact) mass is 687 g/mol. The Hall–Kier alpha value is -4.30. The molecule has 4 aromatic rings. The van der Waals surface area contributed by atoms with Gasteiger partial charge in [0, 0.05) is 64.3 Å². The largest absolute Gasteiger partial charge is 0.490 e. The minimum absolute atomic E-state index is 0.0166. The van der Waals surface area contributed by atoms with Gasteiger partial charge in [0.25, 0.3) is 0 Å². The molecule has 12 nitrogen and oxygen atoms in total. The van der Waals surface area contributed by atoms with Crippen LogP contribution in [0.4, 0.5) is 15.8 Å². The summed E-state index contributed by atoms with van der Waals surface area (Å²) >= 11 is 0. The summed E-state index contributed by atoms with van der Waals surface area (Å²) in [5.41, 5.74) is 4.21. The molecule has 266 valence electrons. The summed E-state index contributed by atoms with van der Waals surface area (Å²) in [6, 6.07) is 21.4. The average molecular weight is 688 g/mol. The van der Waals surface area contributed by atoms with E-state index in [9.17, 15) is 4.39 Å². The van der Waals surface area contributed by atoms with Gasteiger partial charge >= 0.3 is 0 Å². The molecule has 0 bridgehead atoms. The molecule has 7 rings (SSSR count). The SMILES string of the molecule is COCCCN1CCOc2ccc(COC3CNCC(OCCc4nn[nH]n4)C3c3ccc(OC4CCN(c5cccc(F)c5)C4)cc3)cc21. The Bertz CT molecular complexity index is 1650. The van der Waals surface area contributed by atoms with Crippen molar-refractivity contribution in [3.05, 3.63) is 89.5 Å². The number of hydrogen-bond acceptors (Lipinski definition) is 11. The van der Waals surface area contributed by atoms with Crippen molar-refractivity contribution in [3.8, 4) is 11.5 Å². The molecule has 3 aromatic carbocycles. The van der Waals surface area contributed by atoms with Crippen LogP contribution in [0.15, 0.2) is 66.7 Å². The fraction of sp³-hybridized carbons (Fsp3) is 0.486. The maximum Gasteiger partial charge on any atom is 0.176 e. The number of methoxy groups -OCH3 is 1. The third-order valence-corrected chi connectivity index (χ3v) is 9.65. The molecule has 0 spiro atoms.